The maximum absolute atomic E-state index is 12.8. The normalized spacial score (nSPS) is 20.7. The molecule has 0 aromatic carbocycles. The van der Waals surface area contributed by atoms with Gasteiger partial charge >= 0.3 is 0 Å². The fourth-order valence-corrected chi connectivity index (χ4v) is 3.26. The predicted octanol–water partition coefficient (Wildman–Crippen LogP) is 2.11. The number of methoxy groups -OCH3 is 1. The summed E-state index contributed by atoms with van der Waals surface area (Å²) in [5.41, 5.74) is -0.355. The first-order chi connectivity index (χ1) is 10.1. The zero-order chi connectivity index (χ0) is 14.9. The number of hydrogen-bond donors (Lipinski definition) is 0. The van der Waals surface area contributed by atoms with Crippen LogP contribution in [0.15, 0.2) is 4.52 Å². The highest BCUT2D eigenvalue weighted by atomic mass is 16.5. The van der Waals surface area contributed by atoms with Gasteiger partial charge in [0.25, 0.3) is 0 Å². The SMILES string of the molecule is COCC1(C(=O)N(C)Cc2noc(C3CC3)n2)CCCC1. The largest absolute Gasteiger partial charge is 0.384 e. The molecule has 6 heteroatoms. The molecule has 0 aliphatic heterocycles. The second-order valence-corrected chi connectivity index (χ2v) is 6.40. The lowest BCUT2D eigenvalue weighted by atomic mass is 9.85. The molecule has 0 spiro atoms. The Balaban J connectivity index is 1.65. The lowest BCUT2D eigenvalue weighted by Gasteiger charge is -2.31. The number of hydrogen-bond acceptors (Lipinski definition) is 5. The van der Waals surface area contributed by atoms with Crippen LogP contribution in [0.5, 0.6) is 0 Å². The highest BCUT2D eigenvalue weighted by Crippen LogP contribution is 2.40. The van der Waals surface area contributed by atoms with Crippen LogP contribution >= 0.6 is 0 Å². The van der Waals surface area contributed by atoms with Crippen LogP contribution in [0.1, 0.15) is 56.2 Å². The van der Waals surface area contributed by atoms with Crippen molar-refractivity contribution in [3.05, 3.63) is 11.7 Å². The van der Waals surface area contributed by atoms with Gasteiger partial charge in [0.15, 0.2) is 5.82 Å². The lowest BCUT2D eigenvalue weighted by Crippen LogP contribution is -2.43. The van der Waals surface area contributed by atoms with E-state index in [2.05, 4.69) is 10.1 Å². The lowest BCUT2D eigenvalue weighted by molar-refractivity contribution is -0.144. The molecule has 2 saturated carbocycles. The third-order valence-electron chi connectivity index (χ3n) is 4.57. The molecule has 0 atom stereocenters. The van der Waals surface area contributed by atoms with E-state index >= 15 is 0 Å². The van der Waals surface area contributed by atoms with Crippen molar-refractivity contribution in [2.24, 2.45) is 5.41 Å². The summed E-state index contributed by atoms with van der Waals surface area (Å²) in [6.45, 7) is 0.899. The Morgan fingerprint density at radius 1 is 1.43 bits per heavy atom. The van der Waals surface area contributed by atoms with Gasteiger partial charge in [-0.1, -0.05) is 18.0 Å². The molecule has 1 heterocycles. The van der Waals surface area contributed by atoms with E-state index in [1.54, 1.807) is 12.0 Å². The number of carbonyl (C=O) groups excluding carboxylic acids is 1. The molecular weight excluding hydrogens is 270 g/mol. The summed E-state index contributed by atoms with van der Waals surface area (Å²) in [4.78, 5) is 18.9. The van der Waals surface area contributed by atoms with Crippen molar-refractivity contribution < 1.29 is 14.1 Å². The first kappa shape index (κ1) is 14.5. The van der Waals surface area contributed by atoms with Gasteiger partial charge in [0.1, 0.15) is 0 Å². The topological polar surface area (TPSA) is 68.5 Å². The van der Waals surface area contributed by atoms with Crippen molar-refractivity contribution in [2.75, 3.05) is 20.8 Å². The zero-order valence-electron chi connectivity index (χ0n) is 12.8. The molecule has 0 unspecified atom stereocenters. The highest BCUT2D eigenvalue weighted by Gasteiger charge is 2.43. The first-order valence-corrected chi connectivity index (χ1v) is 7.71. The molecule has 2 aliphatic rings. The maximum Gasteiger partial charge on any atom is 0.231 e. The summed E-state index contributed by atoms with van der Waals surface area (Å²) in [6, 6.07) is 0. The molecule has 21 heavy (non-hydrogen) atoms. The Bertz CT molecular complexity index is 504. The summed E-state index contributed by atoms with van der Waals surface area (Å²) < 4.78 is 10.5. The number of carbonyl (C=O) groups is 1. The van der Waals surface area contributed by atoms with Crippen LogP contribution in [0.2, 0.25) is 0 Å². The van der Waals surface area contributed by atoms with Gasteiger partial charge in [0.2, 0.25) is 11.8 Å². The summed E-state index contributed by atoms with van der Waals surface area (Å²) in [5.74, 6) is 1.90. The van der Waals surface area contributed by atoms with E-state index in [1.807, 2.05) is 7.05 Å². The average Bonchev–Trinajstić information content (AvgIpc) is 3.04. The minimum Gasteiger partial charge on any atom is -0.384 e. The van der Waals surface area contributed by atoms with Crippen LogP contribution in [0.25, 0.3) is 0 Å². The van der Waals surface area contributed by atoms with E-state index in [4.69, 9.17) is 9.26 Å². The molecule has 2 fully saturated rings. The predicted molar refractivity (Wildman–Crippen MR) is 75.5 cm³/mol. The van der Waals surface area contributed by atoms with Crippen LogP contribution in [0.4, 0.5) is 0 Å². The van der Waals surface area contributed by atoms with Crippen molar-refractivity contribution in [1.29, 1.82) is 0 Å². The smallest absolute Gasteiger partial charge is 0.231 e. The molecule has 0 saturated heterocycles. The van der Waals surface area contributed by atoms with Crippen LogP contribution in [0, 0.1) is 5.41 Å². The fourth-order valence-electron chi connectivity index (χ4n) is 3.26. The van der Waals surface area contributed by atoms with Crippen molar-refractivity contribution in [3.63, 3.8) is 0 Å². The second kappa shape index (κ2) is 5.75. The molecule has 0 N–H and O–H groups in total. The van der Waals surface area contributed by atoms with E-state index in [0.717, 1.165) is 44.4 Å². The van der Waals surface area contributed by atoms with Crippen molar-refractivity contribution in [3.8, 4) is 0 Å². The molecule has 6 nitrogen and oxygen atoms in total. The van der Waals surface area contributed by atoms with E-state index in [1.165, 1.54) is 0 Å². The maximum atomic E-state index is 12.8. The van der Waals surface area contributed by atoms with Gasteiger partial charge in [-0.25, -0.2) is 0 Å². The second-order valence-electron chi connectivity index (χ2n) is 6.40. The van der Waals surface area contributed by atoms with Crippen molar-refractivity contribution in [2.45, 2.75) is 51.0 Å². The van der Waals surface area contributed by atoms with E-state index in [-0.39, 0.29) is 11.3 Å². The summed E-state index contributed by atoms with van der Waals surface area (Å²) >= 11 is 0. The Hall–Kier alpha value is -1.43. The molecule has 1 aromatic heterocycles. The van der Waals surface area contributed by atoms with Crippen molar-refractivity contribution >= 4 is 5.91 Å². The highest BCUT2D eigenvalue weighted by molar-refractivity contribution is 5.83. The Kier molecular flexibility index (Phi) is 3.97. The zero-order valence-corrected chi connectivity index (χ0v) is 12.8. The number of aromatic nitrogens is 2. The van der Waals surface area contributed by atoms with Crippen LogP contribution < -0.4 is 0 Å². The third kappa shape index (κ3) is 2.95. The van der Waals surface area contributed by atoms with Crippen molar-refractivity contribution in [1.82, 2.24) is 15.0 Å². The van der Waals surface area contributed by atoms with E-state index < -0.39 is 0 Å². The van der Waals surface area contributed by atoms with Crippen LogP contribution in [-0.2, 0) is 16.1 Å². The number of rotatable bonds is 6. The van der Waals surface area contributed by atoms with Gasteiger partial charge in [0, 0.05) is 20.1 Å². The average molecular weight is 293 g/mol. The minimum absolute atomic E-state index is 0.139. The summed E-state index contributed by atoms with van der Waals surface area (Å²) in [5, 5.41) is 3.98. The molecule has 2 aliphatic carbocycles. The van der Waals surface area contributed by atoms with Gasteiger partial charge < -0.3 is 14.2 Å². The third-order valence-corrected chi connectivity index (χ3v) is 4.57. The standard InChI is InChI=1S/C15H23N3O3/c1-18(9-12-16-13(21-17-12)11-5-6-11)14(19)15(10-20-2)7-3-4-8-15/h11H,3-10H2,1-2H3. The number of nitrogens with zero attached hydrogens (tertiary/aromatic N) is 3. The molecule has 0 bridgehead atoms. The van der Waals surface area contributed by atoms with E-state index in [0.29, 0.717) is 24.9 Å². The summed E-state index contributed by atoms with van der Waals surface area (Å²) in [7, 11) is 3.47. The number of amides is 1. The molecule has 1 amide bonds. The Morgan fingerprint density at radius 3 is 2.76 bits per heavy atom. The monoisotopic (exact) mass is 293 g/mol. The number of ether oxygens (including phenoxy) is 1. The fraction of sp³-hybridized carbons (Fsp3) is 0.800. The molecule has 0 radical (unpaired) electrons. The minimum atomic E-state index is -0.355. The first-order valence-electron chi connectivity index (χ1n) is 7.71. The van der Waals surface area contributed by atoms with Crippen LogP contribution in [-0.4, -0.2) is 41.7 Å². The summed E-state index contributed by atoms with van der Waals surface area (Å²) in [6.07, 6.45) is 6.27. The molecular formula is C15H23N3O3. The molecule has 116 valence electrons. The van der Waals surface area contributed by atoms with Gasteiger partial charge in [-0.3, -0.25) is 4.79 Å². The quantitative estimate of drug-likeness (QED) is 0.803. The molecule has 3 rings (SSSR count). The van der Waals surface area contributed by atoms with E-state index in [9.17, 15) is 4.79 Å². The Morgan fingerprint density at radius 2 is 2.14 bits per heavy atom. The van der Waals surface area contributed by atoms with Gasteiger partial charge in [-0.05, 0) is 25.7 Å². The van der Waals surface area contributed by atoms with Gasteiger partial charge in [-0.15, -0.1) is 0 Å². The molecule has 1 aromatic rings. The van der Waals surface area contributed by atoms with Gasteiger partial charge in [0.05, 0.1) is 18.6 Å². The Labute approximate surface area is 124 Å². The van der Waals surface area contributed by atoms with Gasteiger partial charge in [-0.2, -0.15) is 4.98 Å². The van der Waals surface area contributed by atoms with Crippen LogP contribution in [0.3, 0.4) is 0 Å².